The van der Waals surface area contributed by atoms with Crippen LogP contribution in [-0.4, -0.2) is 0 Å². The summed E-state index contributed by atoms with van der Waals surface area (Å²) in [6.45, 7) is 2.10. The Morgan fingerprint density at radius 2 is 2.31 bits per heavy atom. The average molecular weight is 212 g/mol. The van der Waals surface area contributed by atoms with Gasteiger partial charge in [0.2, 0.25) is 0 Å². The van der Waals surface area contributed by atoms with Crippen LogP contribution in [-0.2, 0) is 6.42 Å². The van der Waals surface area contributed by atoms with Crippen molar-refractivity contribution in [2.24, 2.45) is 0 Å². The minimum absolute atomic E-state index is 0.673. The third-order valence-corrected chi connectivity index (χ3v) is 3.39. The molecule has 0 bridgehead atoms. The Balaban J connectivity index is 2.87. The third kappa shape index (κ3) is 1.30. The van der Waals surface area contributed by atoms with Crippen molar-refractivity contribution in [3.05, 3.63) is 28.1 Å². The number of thiophene rings is 1. The Kier molecular flexibility index (Phi) is 2.18. The molecule has 0 spiro atoms. The summed E-state index contributed by atoms with van der Waals surface area (Å²) >= 11 is 7.71. The lowest BCUT2D eigenvalue weighted by molar-refractivity contribution is 1.16. The molecule has 0 aliphatic rings. The van der Waals surface area contributed by atoms with Crippen LogP contribution in [0.25, 0.3) is 10.1 Å². The minimum atomic E-state index is 0.673. The SMILES string of the molecule is CCc1c(N)c(Cl)cc2sccc12. The highest BCUT2D eigenvalue weighted by atomic mass is 35.5. The van der Waals surface area contributed by atoms with Gasteiger partial charge in [0.15, 0.2) is 0 Å². The molecule has 13 heavy (non-hydrogen) atoms. The van der Waals surface area contributed by atoms with Gasteiger partial charge in [0, 0.05) is 4.70 Å². The average Bonchev–Trinajstić information content (AvgIpc) is 2.54. The molecule has 0 aliphatic heterocycles. The predicted octanol–water partition coefficient (Wildman–Crippen LogP) is 3.70. The summed E-state index contributed by atoms with van der Waals surface area (Å²) in [5.74, 6) is 0. The summed E-state index contributed by atoms with van der Waals surface area (Å²) < 4.78 is 1.22. The first-order valence-corrected chi connectivity index (χ1v) is 5.44. The zero-order valence-electron chi connectivity index (χ0n) is 7.30. The maximum atomic E-state index is 6.01. The van der Waals surface area contributed by atoms with E-state index in [4.69, 9.17) is 17.3 Å². The molecule has 1 aromatic heterocycles. The van der Waals surface area contributed by atoms with Gasteiger partial charge in [-0.25, -0.2) is 0 Å². The van der Waals surface area contributed by atoms with Crippen molar-refractivity contribution in [3.63, 3.8) is 0 Å². The number of aryl methyl sites for hydroxylation is 1. The van der Waals surface area contributed by atoms with Crippen molar-refractivity contribution in [3.8, 4) is 0 Å². The highest BCUT2D eigenvalue weighted by Gasteiger charge is 2.08. The topological polar surface area (TPSA) is 26.0 Å². The Morgan fingerprint density at radius 3 is 3.00 bits per heavy atom. The van der Waals surface area contributed by atoms with E-state index in [1.54, 1.807) is 11.3 Å². The second kappa shape index (κ2) is 3.20. The Hall–Kier alpha value is -0.730. The number of anilines is 1. The molecule has 1 heterocycles. The number of nitrogens with two attached hydrogens (primary N) is 1. The van der Waals surface area contributed by atoms with Crippen LogP contribution in [0.3, 0.4) is 0 Å². The van der Waals surface area contributed by atoms with Crippen molar-refractivity contribution in [1.82, 2.24) is 0 Å². The molecular weight excluding hydrogens is 202 g/mol. The Bertz CT molecular complexity index is 447. The highest BCUT2D eigenvalue weighted by molar-refractivity contribution is 7.17. The van der Waals surface area contributed by atoms with Crippen LogP contribution in [0, 0.1) is 0 Å². The quantitative estimate of drug-likeness (QED) is 0.716. The number of hydrogen-bond acceptors (Lipinski definition) is 2. The molecular formula is C10H10ClNS. The van der Waals surface area contributed by atoms with Crippen molar-refractivity contribution in [2.75, 3.05) is 5.73 Å². The smallest absolute Gasteiger partial charge is 0.0652 e. The van der Waals surface area contributed by atoms with E-state index in [9.17, 15) is 0 Å². The molecule has 0 radical (unpaired) electrons. The molecule has 68 valence electrons. The summed E-state index contributed by atoms with van der Waals surface area (Å²) in [6, 6.07) is 4.04. The van der Waals surface area contributed by atoms with E-state index in [-0.39, 0.29) is 0 Å². The fourth-order valence-corrected chi connectivity index (χ4v) is 2.69. The van der Waals surface area contributed by atoms with Crippen LogP contribution in [0.15, 0.2) is 17.5 Å². The normalized spacial score (nSPS) is 10.9. The van der Waals surface area contributed by atoms with Crippen LogP contribution < -0.4 is 5.73 Å². The van der Waals surface area contributed by atoms with Crippen LogP contribution >= 0.6 is 22.9 Å². The lowest BCUT2D eigenvalue weighted by Gasteiger charge is -2.06. The summed E-state index contributed by atoms with van der Waals surface area (Å²) in [6.07, 6.45) is 0.930. The summed E-state index contributed by atoms with van der Waals surface area (Å²) in [5, 5.41) is 3.99. The van der Waals surface area contributed by atoms with Gasteiger partial charge >= 0.3 is 0 Å². The van der Waals surface area contributed by atoms with Gasteiger partial charge in [-0.3, -0.25) is 0 Å². The van der Waals surface area contributed by atoms with E-state index >= 15 is 0 Å². The maximum Gasteiger partial charge on any atom is 0.0652 e. The van der Waals surface area contributed by atoms with Gasteiger partial charge in [-0.1, -0.05) is 18.5 Å². The number of nitrogen functional groups attached to an aromatic ring is 1. The van der Waals surface area contributed by atoms with E-state index in [1.807, 2.05) is 6.07 Å². The first-order valence-electron chi connectivity index (χ1n) is 4.18. The first-order chi connectivity index (χ1) is 6.24. The largest absolute Gasteiger partial charge is 0.397 e. The fourth-order valence-electron chi connectivity index (χ4n) is 1.55. The molecule has 1 aromatic carbocycles. The molecule has 2 aromatic rings. The molecule has 3 heteroatoms. The van der Waals surface area contributed by atoms with Crippen LogP contribution in [0.5, 0.6) is 0 Å². The lowest BCUT2D eigenvalue weighted by atomic mass is 10.1. The summed E-state index contributed by atoms with van der Waals surface area (Å²) in [7, 11) is 0. The van der Waals surface area contributed by atoms with E-state index < -0.39 is 0 Å². The van der Waals surface area contributed by atoms with Crippen molar-refractivity contribution >= 4 is 38.7 Å². The molecule has 0 unspecified atom stereocenters. The fraction of sp³-hybridized carbons (Fsp3) is 0.200. The van der Waals surface area contributed by atoms with Crippen LogP contribution in [0.1, 0.15) is 12.5 Å². The monoisotopic (exact) mass is 211 g/mol. The molecule has 0 fully saturated rings. The third-order valence-electron chi connectivity index (χ3n) is 2.21. The van der Waals surface area contributed by atoms with E-state index in [0.717, 1.165) is 12.1 Å². The number of fused-ring (bicyclic) bond motifs is 1. The minimum Gasteiger partial charge on any atom is -0.397 e. The number of hydrogen-bond donors (Lipinski definition) is 1. The molecule has 0 saturated carbocycles. The zero-order chi connectivity index (χ0) is 9.42. The van der Waals surface area contributed by atoms with Crippen LogP contribution in [0.2, 0.25) is 5.02 Å². The maximum absolute atomic E-state index is 6.01. The molecule has 0 saturated heterocycles. The summed E-state index contributed by atoms with van der Waals surface area (Å²) in [5.41, 5.74) is 7.79. The van der Waals surface area contributed by atoms with Gasteiger partial charge < -0.3 is 5.73 Å². The lowest BCUT2D eigenvalue weighted by Crippen LogP contribution is -1.94. The first kappa shape index (κ1) is 8.85. The van der Waals surface area contributed by atoms with Crippen LogP contribution in [0.4, 0.5) is 5.69 Å². The highest BCUT2D eigenvalue weighted by Crippen LogP contribution is 2.34. The zero-order valence-corrected chi connectivity index (χ0v) is 8.88. The number of halogens is 1. The molecule has 1 nitrogen and oxygen atoms in total. The molecule has 2 N–H and O–H groups in total. The van der Waals surface area contributed by atoms with E-state index in [1.165, 1.54) is 15.6 Å². The van der Waals surface area contributed by atoms with E-state index in [0.29, 0.717) is 5.02 Å². The van der Waals surface area contributed by atoms with Crippen molar-refractivity contribution in [1.29, 1.82) is 0 Å². The Morgan fingerprint density at radius 1 is 1.54 bits per heavy atom. The number of benzene rings is 1. The molecule has 0 atom stereocenters. The van der Waals surface area contributed by atoms with Gasteiger partial charge in [-0.2, -0.15) is 0 Å². The van der Waals surface area contributed by atoms with Crippen molar-refractivity contribution < 1.29 is 0 Å². The standard InChI is InChI=1S/C10H10ClNS/c1-2-6-7-3-4-13-9(7)5-8(11)10(6)12/h3-5H,2,12H2,1H3. The molecule has 0 amide bonds. The Labute approximate surface area is 86.1 Å². The van der Waals surface area contributed by atoms with Gasteiger partial charge in [0.1, 0.15) is 0 Å². The molecule has 2 rings (SSSR count). The van der Waals surface area contributed by atoms with E-state index in [2.05, 4.69) is 18.4 Å². The number of rotatable bonds is 1. The van der Waals surface area contributed by atoms with Gasteiger partial charge in [0.25, 0.3) is 0 Å². The second-order valence-electron chi connectivity index (χ2n) is 2.94. The molecule has 0 aliphatic carbocycles. The predicted molar refractivity (Wildman–Crippen MR) is 60.6 cm³/mol. The summed E-state index contributed by atoms with van der Waals surface area (Å²) in [4.78, 5) is 0. The van der Waals surface area contributed by atoms with Gasteiger partial charge in [0.05, 0.1) is 10.7 Å². The van der Waals surface area contributed by atoms with Gasteiger partial charge in [-0.05, 0) is 34.9 Å². The van der Waals surface area contributed by atoms with Crippen molar-refractivity contribution in [2.45, 2.75) is 13.3 Å². The second-order valence-corrected chi connectivity index (χ2v) is 4.29. The van der Waals surface area contributed by atoms with Gasteiger partial charge in [-0.15, -0.1) is 11.3 Å².